The van der Waals surface area contributed by atoms with Crippen molar-refractivity contribution >= 4 is 0 Å². The molecule has 1 aromatic heterocycles. The predicted molar refractivity (Wildman–Crippen MR) is 81.7 cm³/mol. The van der Waals surface area contributed by atoms with Crippen molar-refractivity contribution < 1.29 is 4.74 Å². The molecule has 4 nitrogen and oxygen atoms in total. The van der Waals surface area contributed by atoms with E-state index in [0.29, 0.717) is 6.04 Å². The number of hydrogen-bond donors (Lipinski definition) is 1. The fourth-order valence-corrected chi connectivity index (χ4v) is 3.15. The average molecular weight is 279 g/mol. The topological polar surface area (TPSA) is 53.1 Å². The molecule has 0 saturated heterocycles. The van der Waals surface area contributed by atoms with Gasteiger partial charge in [0.25, 0.3) is 0 Å². The molecule has 2 atom stereocenters. The highest BCUT2D eigenvalue weighted by Gasteiger charge is 2.21. The van der Waals surface area contributed by atoms with E-state index < -0.39 is 0 Å². The second-order valence-electron chi connectivity index (χ2n) is 5.88. The van der Waals surface area contributed by atoms with Crippen LogP contribution in [0.25, 0.3) is 0 Å². The van der Waals surface area contributed by atoms with Gasteiger partial charge in [-0.05, 0) is 32.3 Å². The van der Waals surface area contributed by atoms with Crippen LogP contribution in [-0.2, 0) is 11.2 Å². The van der Waals surface area contributed by atoms with Gasteiger partial charge in [-0.1, -0.05) is 26.2 Å². The molecule has 0 aliphatic heterocycles. The number of nitrogens with zero attached hydrogens (tertiary/aromatic N) is 2. The highest BCUT2D eigenvalue weighted by atomic mass is 16.5. The normalized spacial score (nSPS) is 19.4. The number of rotatable bonds is 8. The molecule has 2 N–H and O–H groups in total. The first-order valence-corrected chi connectivity index (χ1v) is 8.15. The van der Waals surface area contributed by atoms with Gasteiger partial charge in [0.2, 0.25) is 0 Å². The first kappa shape index (κ1) is 15.5. The predicted octanol–water partition coefficient (Wildman–Crippen LogP) is 3.07. The molecule has 1 aromatic rings. The molecule has 20 heavy (non-hydrogen) atoms. The van der Waals surface area contributed by atoms with Gasteiger partial charge >= 0.3 is 0 Å². The van der Waals surface area contributed by atoms with Crippen LogP contribution in [0.15, 0.2) is 12.3 Å². The zero-order chi connectivity index (χ0) is 14.4. The van der Waals surface area contributed by atoms with Crippen LogP contribution in [0, 0.1) is 0 Å². The SMILES string of the molecule is CCCC(OCC)C(N)Cc1ccn(C2CCCC2)n1. The molecule has 4 heteroatoms. The highest BCUT2D eigenvalue weighted by Crippen LogP contribution is 2.28. The molecule has 114 valence electrons. The van der Waals surface area contributed by atoms with E-state index in [9.17, 15) is 0 Å². The summed E-state index contributed by atoms with van der Waals surface area (Å²) in [5.41, 5.74) is 7.41. The fraction of sp³-hybridized carbons (Fsp3) is 0.812. The standard InChI is InChI=1S/C16H29N3O/c1-3-7-16(20-4-2)15(17)12-13-10-11-19(18-13)14-8-5-6-9-14/h10-11,14-16H,3-9,12,17H2,1-2H3. The lowest BCUT2D eigenvalue weighted by Crippen LogP contribution is -2.38. The molecular formula is C16H29N3O. The summed E-state index contributed by atoms with van der Waals surface area (Å²) in [7, 11) is 0. The van der Waals surface area contributed by atoms with Gasteiger partial charge in [0, 0.05) is 25.3 Å². The lowest BCUT2D eigenvalue weighted by atomic mass is 10.0. The molecule has 0 bridgehead atoms. The third-order valence-corrected chi connectivity index (χ3v) is 4.24. The monoisotopic (exact) mass is 279 g/mol. The third kappa shape index (κ3) is 4.06. The van der Waals surface area contributed by atoms with Gasteiger partial charge in [-0.2, -0.15) is 5.10 Å². The van der Waals surface area contributed by atoms with E-state index in [0.717, 1.165) is 31.6 Å². The van der Waals surface area contributed by atoms with Crippen molar-refractivity contribution in [2.75, 3.05) is 6.61 Å². The van der Waals surface area contributed by atoms with E-state index in [2.05, 4.69) is 23.9 Å². The number of nitrogens with two attached hydrogens (primary N) is 1. The molecule has 2 unspecified atom stereocenters. The molecule has 0 radical (unpaired) electrons. The van der Waals surface area contributed by atoms with Gasteiger partial charge in [0.05, 0.1) is 17.8 Å². The molecule has 1 fully saturated rings. The Kier molecular flexibility index (Phi) is 6.05. The summed E-state index contributed by atoms with van der Waals surface area (Å²) in [6.07, 6.45) is 10.4. The summed E-state index contributed by atoms with van der Waals surface area (Å²) < 4.78 is 7.91. The van der Waals surface area contributed by atoms with E-state index in [1.807, 2.05) is 6.92 Å². The minimum absolute atomic E-state index is 0.0434. The lowest BCUT2D eigenvalue weighted by molar-refractivity contribution is 0.0376. The Hall–Kier alpha value is -0.870. The van der Waals surface area contributed by atoms with E-state index in [4.69, 9.17) is 15.6 Å². The third-order valence-electron chi connectivity index (χ3n) is 4.24. The van der Waals surface area contributed by atoms with Gasteiger partial charge in [-0.15, -0.1) is 0 Å². The first-order chi connectivity index (χ1) is 9.74. The summed E-state index contributed by atoms with van der Waals surface area (Å²) in [4.78, 5) is 0. The van der Waals surface area contributed by atoms with Gasteiger partial charge < -0.3 is 10.5 Å². The Morgan fingerprint density at radius 1 is 1.40 bits per heavy atom. The van der Waals surface area contributed by atoms with Crippen molar-refractivity contribution in [1.29, 1.82) is 0 Å². The molecular weight excluding hydrogens is 250 g/mol. The number of ether oxygens (including phenoxy) is 1. The fourth-order valence-electron chi connectivity index (χ4n) is 3.15. The molecule has 2 rings (SSSR count). The summed E-state index contributed by atoms with van der Waals surface area (Å²) >= 11 is 0. The summed E-state index contributed by atoms with van der Waals surface area (Å²) in [6, 6.07) is 2.77. The molecule has 1 aliphatic rings. The zero-order valence-electron chi connectivity index (χ0n) is 12.9. The minimum atomic E-state index is 0.0434. The molecule has 0 aromatic carbocycles. The van der Waals surface area contributed by atoms with Crippen molar-refractivity contribution in [1.82, 2.24) is 9.78 Å². The Morgan fingerprint density at radius 2 is 2.15 bits per heavy atom. The maximum absolute atomic E-state index is 6.31. The van der Waals surface area contributed by atoms with Crippen LogP contribution in [0.3, 0.4) is 0 Å². The average Bonchev–Trinajstić information content (AvgIpc) is 3.08. The van der Waals surface area contributed by atoms with Crippen LogP contribution >= 0.6 is 0 Å². The van der Waals surface area contributed by atoms with Crippen molar-refractivity contribution in [2.24, 2.45) is 5.73 Å². The quantitative estimate of drug-likeness (QED) is 0.795. The van der Waals surface area contributed by atoms with Gasteiger partial charge in [-0.3, -0.25) is 4.68 Å². The second kappa shape index (κ2) is 7.79. The molecule has 1 heterocycles. The highest BCUT2D eigenvalue weighted by molar-refractivity contribution is 5.03. The summed E-state index contributed by atoms with van der Waals surface area (Å²) in [6.45, 7) is 4.94. The van der Waals surface area contributed by atoms with Crippen molar-refractivity contribution in [3.05, 3.63) is 18.0 Å². The van der Waals surface area contributed by atoms with Crippen LogP contribution in [-0.4, -0.2) is 28.5 Å². The zero-order valence-corrected chi connectivity index (χ0v) is 12.9. The Bertz CT molecular complexity index is 379. The van der Waals surface area contributed by atoms with Crippen LogP contribution < -0.4 is 5.73 Å². The van der Waals surface area contributed by atoms with Crippen LogP contribution in [0.4, 0.5) is 0 Å². The van der Waals surface area contributed by atoms with Gasteiger partial charge in [0.15, 0.2) is 0 Å². The molecule has 1 saturated carbocycles. The van der Waals surface area contributed by atoms with E-state index in [1.54, 1.807) is 0 Å². The van der Waals surface area contributed by atoms with Gasteiger partial charge in [-0.25, -0.2) is 0 Å². The lowest BCUT2D eigenvalue weighted by Gasteiger charge is -2.22. The molecule has 1 aliphatic carbocycles. The molecule has 0 spiro atoms. The van der Waals surface area contributed by atoms with E-state index >= 15 is 0 Å². The number of aromatic nitrogens is 2. The van der Waals surface area contributed by atoms with Crippen LogP contribution in [0.5, 0.6) is 0 Å². The first-order valence-electron chi connectivity index (χ1n) is 8.15. The van der Waals surface area contributed by atoms with E-state index in [-0.39, 0.29) is 12.1 Å². The maximum Gasteiger partial charge on any atom is 0.0729 e. The van der Waals surface area contributed by atoms with Crippen LogP contribution in [0.2, 0.25) is 0 Å². The number of hydrogen-bond acceptors (Lipinski definition) is 3. The Labute approximate surface area is 122 Å². The summed E-state index contributed by atoms with van der Waals surface area (Å²) in [5.74, 6) is 0. The van der Waals surface area contributed by atoms with E-state index in [1.165, 1.54) is 25.7 Å². The Balaban J connectivity index is 1.91. The Morgan fingerprint density at radius 3 is 2.80 bits per heavy atom. The van der Waals surface area contributed by atoms with Crippen molar-refractivity contribution in [2.45, 2.75) is 77.0 Å². The van der Waals surface area contributed by atoms with Crippen LogP contribution in [0.1, 0.15) is 64.1 Å². The maximum atomic E-state index is 6.31. The minimum Gasteiger partial charge on any atom is -0.377 e. The van der Waals surface area contributed by atoms with Gasteiger partial charge in [0.1, 0.15) is 0 Å². The molecule has 0 amide bonds. The summed E-state index contributed by atoms with van der Waals surface area (Å²) in [5, 5.41) is 4.72. The van der Waals surface area contributed by atoms with Crippen molar-refractivity contribution in [3.63, 3.8) is 0 Å². The smallest absolute Gasteiger partial charge is 0.0729 e. The van der Waals surface area contributed by atoms with Crippen molar-refractivity contribution in [3.8, 4) is 0 Å². The largest absolute Gasteiger partial charge is 0.377 e. The second-order valence-corrected chi connectivity index (χ2v) is 5.88.